The maximum atomic E-state index is 12.2. The van der Waals surface area contributed by atoms with E-state index in [1.807, 2.05) is 19.1 Å². The lowest BCUT2D eigenvalue weighted by Gasteiger charge is -2.04. The lowest BCUT2D eigenvalue weighted by atomic mass is 10.2. The molecule has 2 aromatic heterocycles. The van der Waals surface area contributed by atoms with Crippen LogP contribution in [0.4, 0.5) is 5.88 Å². The van der Waals surface area contributed by atoms with Gasteiger partial charge in [-0.1, -0.05) is 24.9 Å². The summed E-state index contributed by atoms with van der Waals surface area (Å²) in [5.74, 6) is -0.153. The lowest BCUT2D eigenvalue weighted by Crippen LogP contribution is -2.25. The molecule has 0 aliphatic heterocycles. The van der Waals surface area contributed by atoms with Gasteiger partial charge in [-0.25, -0.2) is 0 Å². The zero-order valence-electron chi connectivity index (χ0n) is 11.7. The highest BCUT2D eigenvalue weighted by Crippen LogP contribution is 2.32. The highest BCUT2D eigenvalue weighted by Gasteiger charge is 2.22. The number of amides is 1. The molecule has 0 spiro atoms. The maximum Gasteiger partial charge on any atom is 0.259 e. The summed E-state index contributed by atoms with van der Waals surface area (Å²) in [5, 5.41) is 6.78. The Balaban J connectivity index is 2.15. The van der Waals surface area contributed by atoms with Crippen molar-refractivity contribution >= 4 is 23.1 Å². The van der Waals surface area contributed by atoms with Gasteiger partial charge in [-0.05, 0) is 25.5 Å². The molecule has 2 aromatic rings. The van der Waals surface area contributed by atoms with Crippen LogP contribution in [-0.4, -0.2) is 17.6 Å². The summed E-state index contributed by atoms with van der Waals surface area (Å²) in [6, 6.07) is 3.90. The molecular weight excluding hydrogens is 274 g/mol. The highest BCUT2D eigenvalue weighted by molar-refractivity contribution is 7.15. The number of hydrogen-bond donors (Lipinski definition) is 2. The Morgan fingerprint density at radius 2 is 2.25 bits per heavy atom. The Labute approximate surface area is 122 Å². The molecule has 6 heteroatoms. The van der Waals surface area contributed by atoms with Gasteiger partial charge in [-0.3, -0.25) is 4.79 Å². The molecule has 0 saturated carbocycles. The molecule has 2 heterocycles. The lowest BCUT2D eigenvalue weighted by molar-refractivity contribution is 0.0954. The third kappa shape index (κ3) is 3.19. The minimum absolute atomic E-state index is 0.0686. The molecule has 0 bridgehead atoms. The van der Waals surface area contributed by atoms with Gasteiger partial charge in [-0.15, -0.1) is 11.3 Å². The zero-order valence-corrected chi connectivity index (χ0v) is 12.5. The van der Waals surface area contributed by atoms with Crippen molar-refractivity contribution in [2.24, 2.45) is 0 Å². The number of carbonyl (C=O) groups excluding carboxylic acids is 1. The van der Waals surface area contributed by atoms with E-state index >= 15 is 0 Å². The van der Waals surface area contributed by atoms with E-state index in [2.05, 4.69) is 17.4 Å². The largest absolute Gasteiger partial charge is 0.367 e. The number of nitrogens with two attached hydrogens (primary N) is 1. The van der Waals surface area contributed by atoms with Gasteiger partial charge >= 0.3 is 0 Å². The molecule has 0 aliphatic carbocycles. The van der Waals surface area contributed by atoms with E-state index < -0.39 is 0 Å². The number of nitrogen functional groups attached to an aromatic ring is 1. The molecule has 2 rings (SSSR count). The summed E-state index contributed by atoms with van der Waals surface area (Å²) in [6.45, 7) is 4.76. The number of thiophene rings is 1. The van der Waals surface area contributed by atoms with Crippen molar-refractivity contribution in [1.82, 2.24) is 10.5 Å². The smallest absolute Gasteiger partial charge is 0.259 e. The van der Waals surface area contributed by atoms with Crippen LogP contribution in [0.5, 0.6) is 0 Å². The molecule has 0 atom stereocenters. The molecule has 0 unspecified atom stereocenters. The second kappa shape index (κ2) is 6.56. The number of rotatable bonds is 6. The van der Waals surface area contributed by atoms with Crippen LogP contribution in [0.1, 0.15) is 41.4 Å². The van der Waals surface area contributed by atoms with Crippen LogP contribution < -0.4 is 11.1 Å². The van der Waals surface area contributed by atoms with Gasteiger partial charge < -0.3 is 15.6 Å². The van der Waals surface area contributed by atoms with Gasteiger partial charge in [0.05, 0.1) is 4.88 Å². The van der Waals surface area contributed by atoms with Crippen LogP contribution >= 0.6 is 11.3 Å². The summed E-state index contributed by atoms with van der Waals surface area (Å²) in [6.07, 6.45) is 3.17. The number of unbranched alkanes of at least 4 members (excludes halogenated alkanes) is 2. The van der Waals surface area contributed by atoms with E-state index in [1.54, 1.807) is 11.3 Å². The van der Waals surface area contributed by atoms with Crippen LogP contribution in [0.25, 0.3) is 10.6 Å². The molecule has 5 nitrogen and oxygen atoms in total. The monoisotopic (exact) mass is 293 g/mol. The fourth-order valence-electron chi connectivity index (χ4n) is 1.92. The fraction of sp³-hybridized carbons (Fsp3) is 0.429. The predicted octanol–water partition coefficient (Wildman–Crippen LogP) is 3.21. The molecule has 1 amide bonds. The van der Waals surface area contributed by atoms with Gasteiger partial charge in [0.15, 0.2) is 0 Å². The van der Waals surface area contributed by atoms with Crippen molar-refractivity contribution in [3.8, 4) is 10.6 Å². The Bertz CT molecular complexity index is 589. The van der Waals surface area contributed by atoms with Crippen molar-refractivity contribution in [2.45, 2.75) is 33.1 Å². The first-order valence-electron chi connectivity index (χ1n) is 6.73. The normalized spacial score (nSPS) is 10.7. The number of aromatic nitrogens is 1. The number of nitrogens with one attached hydrogen (secondary N) is 1. The molecule has 0 radical (unpaired) electrons. The first kappa shape index (κ1) is 14.6. The Hall–Kier alpha value is -1.82. The SMILES string of the molecule is CCCCCNC(=O)c1c(-c2ccc(C)s2)noc1N. The van der Waals surface area contributed by atoms with Crippen molar-refractivity contribution in [2.75, 3.05) is 12.3 Å². The van der Waals surface area contributed by atoms with Gasteiger partial charge in [0.2, 0.25) is 5.88 Å². The van der Waals surface area contributed by atoms with Crippen LogP contribution in [0, 0.1) is 6.92 Å². The fourth-order valence-corrected chi connectivity index (χ4v) is 2.77. The Kier molecular flexibility index (Phi) is 4.79. The van der Waals surface area contributed by atoms with Gasteiger partial charge in [0.1, 0.15) is 11.3 Å². The van der Waals surface area contributed by atoms with Gasteiger partial charge in [0, 0.05) is 11.4 Å². The Morgan fingerprint density at radius 3 is 2.90 bits per heavy atom. The van der Waals surface area contributed by atoms with Crippen LogP contribution in [-0.2, 0) is 0 Å². The number of carbonyl (C=O) groups is 1. The molecular formula is C14H19N3O2S. The molecule has 0 fully saturated rings. The second-order valence-electron chi connectivity index (χ2n) is 4.64. The highest BCUT2D eigenvalue weighted by atomic mass is 32.1. The maximum absolute atomic E-state index is 12.2. The first-order valence-corrected chi connectivity index (χ1v) is 7.55. The van der Waals surface area contributed by atoms with Crippen molar-refractivity contribution in [3.63, 3.8) is 0 Å². The summed E-state index contributed by atoms with van der Waals surface area (Å²) < 4.78 is 4.98. The molecule has 0 aromatic carbocycles. The number of anilines is 1. The third-order valence-electron chi connectivity index (χ3n) is 2.99. The standard InChI is InChI=1S/C14H19N3O2S/c1-3-4-5-8-16-14(18)11-12(17-19-13(11)15)10-7-6-9(2)20-10/h6-7H,3-5,8,15H2,1-2H3,(H,16,18). The summed E-state index contributed by atoms with van der Waals surface area (Å²) >= 11 is 1.56. The van der Waals surface area contributed by atoms with Gasteiger partial charge in [0.25, 0.3) is 5.91 Å². The topological polar surface area (TPSA) is 81.2 Å². The van der Waals surface area contributed by atoms with Crippen LogP contribution in [0.2, 0.25) is 0 Å². The third-order valence-corrected chi connectivity index (χ3v) is 3.99. The molecule has 0 saturated heterocycles. The summed E-state index contributed by atoms with van der Waals surface area (Å²) in [4.78, 5) is 14.2. The predicted molar refractivity (Wildman–Crippen MR) is 80.8 cm³/mol. The zero-order chi connectivity index (χ0) is 14.5. The van der Waals surface area contributed by atoms with Crippen molar-refractivity contribution in [3.05, 3.63) is 22.6 Å². The Morgan fingerprint density at radius 1 is 1.45 bits per heavy atom. The first-order chi connectivity index (χ1) is 9.63. The van der Waals surface area contributed by atoms with E-state index in [1.165, 1.54) is 0 Å². The average molecular weight is 293 g/mol. The minimum Gasteiger partial charge on any atom is -0.367 e. The van der Waals surface area contributed by atoms with Gasteiger partial charge in [-0.2, -0.15) is 0 Å². The van der Waals surface area contributed by atoms with Crippen molar-refractivity contribution < 1.29 is 9.32 Å². The molecule has 108 valence electrons. The van der Waals surface area contributed by atoms with E-state index in [-0.39, 0.29) is 11.8 Å². The average Bonchev–Trinajstić information content (AvgIpc) is 3.00. The van der Waals surface area contributed by atoms with E-state index in [0.717, 1.165) is 29.0 Å². The van der Waals surface area contributed by atoms with E-state index in [9.17, 15) is 4.79 Å². The molecule has 20 heavy (non-hydrogen) atoms. The quantitative estimate of drug-likeness (QED) is 0.801. The minimum atomic E-state index is -0.221. The molecule has 3 N–H and O–H groups in total. The summed E-state index contributed by atoms with van der Waals surface area (Å²) in [5.41, 5.74) is 6.59. The van der Waals surface area contributed by atoms with Crippen molar-refractivity contribution in [1.29, 1.82) is 0 Å². The number of nitrogens with zero attached hydrogens (tertiary/aromatic N) is 1. The van der Waals surface area contributed by atoms with E-state index in [4.69, 9.17) is 10.3 Å². The number of hydrogen-bond acceptors (Lipinski definition) is 5. The van der Waals surface area contributed by atoms with E-state index in [0.29, 0.717) is 17.8 Å². The molecule has 0 aliphatic rings. The van der Waals surface area contributed by atoms with Crippen LogP contribution in [0.15, 0.2) is 16.7 Å². The second-order valence-corrected chi connectivity index (χ2v) is 5.93. The number of aryl methyl sites for hydroxylation is 1. The summed E-state index contributed by atoms with van der Waals surface area (Å²) in [7, 11) is 0. The van der Waals surface area contributed by atoms with Crippen LogP contribution in [0.3, 0.4) is 0 Å².